The number of benzene rings is 3. The van der Waals surface area contributed by atoms with Gasteiger partial charge in [-0.05, 0) is 79.3 Å². The zero-order valence-electron chi connectivity index (χ0n) is 18.9. The van der Waals surface area contributed by atoms with Gasteiger partial charge in [0.1, 0.15) is 0 Å². The number of carboxylic acid groups (broad SMARTS) is 1. The summed E-state index contributed by atoms with van der Waals surface area (Å²) in [6, 6.07) is 17.8. The first-order chi connectivity index (χ1) is 16.2. The SMILES string of the molecule is Cc1ccc(NS(=O)(=O)c2ccc3c(c2)C2C=CCC2[C@@H](c2ccc(C(=O)O)cc2)N3)c(C)c1. The van der Waals surface area contributed by atoms with Gasteiger partial charge in [0, 0.05) is 11.6 Å². The fourth-order valence-corrected chi connectivity index (χ4v) is 6.20. The van der Waals surface area contributed by atoms with Gasteiger partial charge < -0.3 is 10.4 Å². The summed E-state index contributed by atoms with van der Waals surface area (Å²) in [7, 11) is -3.75. The number of hydrogen-bond acceptors (Lipinski definition) is 4. The van der Waals surface area contributed by atoms with Crippen molar-refractivity contribution >= 4 is 27.4 Å². The van der Waals surface area contributed by atoms with Crippen LogP contribution in [-0.2, 0) is 10.0 Å². The fraction of sp³-hybridized carbons (Fsp3) is 0.222. The molecule has 3 aromatic rings. The first kappa shape index (κ1) is 22.2. The highest BCUT2D eigenvalue weighted by Crippen LogP contribution is 2.50. The van der Waals surface area contributed by atoms with Crippen LogP contribution in [0, 0.1) is 19.8 Å². The Kier molecular flexibility index (Phi) is 5.44. The third-order valence-electron chi connectivity index (χ3n) is 6.79. The van der Waals surface area contributed by atoms with E-state index in [1.54, 1.807) is 30.3 Å². The lowest BCUT2D eigenvalue weighted by Crippen LogP contribution is -2.29. The average molecular weight is 475 g/mol. The minimum Gasteiger partial charge on any atom is -0.478 e. The average Bonchev–Trinajstić information content (AvgIpc) is 3.30. The number of anilines is 2. The third-order valence-corrected chi connectivity index (χ3v) is 8.15. The van der Waals surface area contributed by atoms with Crippen molar-refractivity contribution in [3.8, 4) is 0 Å². The normalized spacial score (nSPS) is 20.8. The Morgan fingerprint density at radius 1 is 1.03 bits per heavy atom. The molecule has 0 aromatic heterocycles. The molecule has 0 fully saturated rings. The van der Waals surface area contributed by atoms with Gasteiger partial charge in [-0.2, -0.15) is 0 Å². The topological polar surface area (TPSA) is 95.5 Å². The smallest absolute Gasteiger partial charge is 0.335 e. The van der Waals surface area contributed by atoms with E-state index in [4.69, 9.17) is 0 Å². The molecule has 7 heteroatoms. The molecule has 1 aliphatic heterocycles. The highest BCUT2D eigenvalue weighted by molar-refractivity contribution is 7.92. The van der Waals surface area contributed by atoms with Gasteiger partial charge in [-0.1, -0.05) is 42.0 Å². The predicted octanol–water partition coefficient (Wildman–Crippen LogP) is 5.63. The number of rotatable bonds is 5. The molecule has 0 saturated heterocycles. The number of fused-ring (bicyclic) bond motifs is 3. The molecule has 0 saturated carbocycles. The number of nitrogens with one attached hydrogen (secondary N) is 2. The van der Waals surface area contributed by atoms with Crippen LogP contribution in [0.2, 0.25) is 0 Å². The number of sulfonamides is 1. The number of allylic oxidation sites excluding steroid dienone is 2. The first-order valence-electron chi connectivity index (χ1n) is 11.2. The van der Waals surface area contributed by atoms with Crippen molar-refractivity contribution in [1.82, 2.24) is 0 Å². The summed E-state index contributed by atoms with van der Waals surface area (Å²) >= 11 is 0. The molecule has 0 amide bonds. The highest BCUT2D eigenvalue weighted by atomic mass is 32.2. The van der Waals surface area contributed by atoms with E-state index in [-0.39, 0.29) is 28.3 Å². The molecule has 2 aliphatic rings. The Balaban J connectivity index is 1.47. The summed E-state index contributed by atoms with van der Waals surface area (Å²) in [6.45, 7) is 3.86. The van der Waals surface area contributed by atoms with Crippen LogP contribution in [0.4, 0.5) is 11.4 Å². The van der Waals surface area contributed by atoms with E-state index in [2.05, 4.69) is 22.2 Å². The van der Waals surface area contributed by atoms with Crippen LogP contribution < -0.4 is 10.0 Å². The van der Waals surface area contributed by atoms with Gasteiger partial charge in [-0.3, -0.25) is 4.72 Å². The molecule has 34 heavy (non-hydrogen) atoms. The van der Waals surface area contributed by atoms with E-state index in [0.717, 1.165) is 34.4 Å². The molecule has 3 N–H and O–H groups in total. The molecule has 0 spiro atoms. The Morgan fingerprint density at radius 2 is 1.79 bits per heavy atom. The highest BCUT2D eigenvalue weighted by Gasteiger charge is 2.38. The maximum Gasteiger partial charge on any atom is 0.335 e. The Hall–Kier alpha value is -3.58. The van der Waals surface area contributed by atoms with Gasteiger partial charge >= 0.3 is 5.97 Å². The fourth-order valence-electron chi connectivity index (χ4n) is 5.03. The van der Waals surface area contributed by atoms with Gasteiger partial charge in [0.2, 0.25) is 0 Å². The molecule has 3 aromatic carbocycles. The first-order valence-corrected chi connectivity index (χ1v) is 12.7. The van der Waals surface area contributed by atoms with Gasteiger partial charge in [-0.25, -0.2) is 13.2 Å². The summed E-state index contributed by atoms with van der Waals surface area (Å²) in [5.74, 6) is -0.651. The van der Waals surface area contributed by atoms with Crippen LogP contribution in [0.1, 0.15) is 51.0 Å². The van der Waals surface area contributed by atoms with Crippen LogP contribution in [0.5, 0.6) is 0 Å². The summed E-state index contributed by atoms with van der Waals surface area (Å²) < 4.78 is 29.1. The number of aromatic carboxylic acids is 1. The van der Waals surface area contributed by atoms with E-state index in [1.165, 1.54) is 0 Å². The van der Waals surface area contributed by atoms with Gasteiger partial charge in [0.15, 0.2) is 0 Å². The van der Waals surface area contributed by atoms with Gasteiger partial charge in [0.05, 0.1) is 22.2 Å². The lowest BCUT2D eigenvalue weighted by atomic mass is 9.77. The van der Waals surface area contributed by atoms with Crippen LogP contribution in [-0.4, -0.2) is 19.5 Å². The molecule has 0 radical (unpaired) electrons. The second-order valence-electron chi connectivity index (χ2n) is 9.08. The Labute approximate surface area is 199 Å². The van der Waals surface area contributed by atoms with Crippen molar-refractivity contribution in [2.24, 2.45) is 5.92 Å². The van der Waals surface area contributed by atoms with Crippen molar-refractivity contribution in [3.05, 3.63) is 101 Å². The molecule has 2 unspecified atom stereocenters. The van der Waals surface area contributed by atoms with E-state index >= 15 is 0 Å². The monoisotopic (exact) mass is 474 g/mol. The standard InChI is InChI=1S/C27H26N2O4S/c1-16-6-12-24(17(2)14-16)29-34(32,33)20-11-13-25-23(15-20)21-4-3-5-22(21)26(28-25)18-7-9-19(10-8-18)27(30)31/h3-4,6-15,21-22,26,28-29H,5H2,1-2H3,(H,30,31)/t21?,22?,26-/m1/s1. The van der Waals surface area contributed by atoms with E-state index in [1.807, 2.05) is 44.2 Å². The maximum atomic E-state index is 13.2. The number of carboxylic acids is 1. The number of carbonyl (C=O) groups is 1. The van der Waals surface area contributed by atoms with Crippen molar-refractivity contribution < 1.29 is 18.3 Å². The molecule has 5 rings (SSSR count). The lowest BCUT2D eigenvalue weighted by molar-refractivity contribution is 0.0697. The molecule has 0 bridgehead atoms. The van der Waals surface area contributed by atoms with Crippen LogP contribution >= 0.6 is 0 Å². The van der Waals surface area contributed by atoms with Crippen molar-refractivity contribution in [2.45, 2.75) is 37.1 Å². The Bertz CT molecular complexity index is 1410. The van der Waals surface area contributed by atoms with E-state index in [0.29, 0.717) is 5.69 Å². The molecule has 3 atom stereocenters. The van der Waals surface area contributed by atoms with Crippen LogP contribution in [0.25, 0.3) is 0 Å². The summed E-state index contributed by atoms with van der Waals surface area (Å²) in [5.41, 5.74) is 5.65. The zero-order valence-corrected chi connectivity index (χ0v) is 19.8. The minimum absolute atomic E-state index is 0.00568. The van der Waals surface area contributed by atoms with Crippen LogP contribution in [0.15, 0.2) is 77.7 Å². The predicted molar refractivity (Wildman–Crippen MR) is 133 cm³/mol. The van der Waals surface area contributed by atoms with Crippen LogP contribution in [0.3, 0.4) is 0 Å². The maximum absolute atomic E-state index is 13.2. The third kappa shape index (κ3) is 3.96. The Morgan fingerprint density at radius 3 is 2.50 bits per heavy atom. The molecule has 174 valence electrons. The zero-order chi connectivity index (χ0) is 24.0. The number of hydrogen-bond donors (Lipinski definition) is 3. The largest absolute Gasteiger partial charge is 0.478 e. The quantitative estimate of drug-likeness (QED) is 0.417. The summed E-state index contributed by atoms with van der Waals surface area (Å²) in [5, 5.41) is 12.8. The van der Waals surface area contributed by atoms with Crippen molar-refractivity contribution in [2.75, 3.05) is 10.0 Å². The van der Waals surface area contributed by atoms with E-state index < -0.39 is 16.0 Å². The second kappa shape index (κ2) is 8.33. The molecule has 6 nitrogen and oxygen atoms in total. The minimum atomic E-state index is -3.75. The van der Waals surface area contributed by atoms with E-state index in [9.17, 15) is 18.3 Å². The molecule has 1 aliphatic carbocycles. The second-order valence-corrected chi connectivity index (χ2v) is 10.8. The molecule has 1 heterocycles. The van der Waals surface area contributed by atoms with Crippen molar-refractivity contribution in [1.29, 1.82) is 0 Å². The van der Waals surface area contributed by atoms with Crippen molar-refractivity contribution in [3.63, 3.8) is 0 Å². The lowest BCUT2D eigenvalue weighted by Gasteiger charge is -2.37. The van der Waals surface area contributed by atoms with Gasteiger partial charge in [0.25, 0.3) is 10.0 Å². The molecular formula is C27H26N2O4S. The summed E-state index contributed by atoms with van der Waals surface area (Å²) in [6.07, 6.45) is 5.15. The number of aryl methyl sites for hydroxylation is 2. The molecular weight excluding hydrogens is 448 g/mol. The van der Waals surface area contributed by atoms with Gasteiger partial charge in [-0.15, -0.1) is 0 Å². The summed E-state index contributed by atoms with van der Waals surface area (Å²) in [4.78, 5) is 11.4.